The SMILES string of the molecule is CC(C)(C)N(C(=O)O)[C@@H](Cc1cccnc1)C1CO1. The van der Waals surface area contributed by atoms with E-state index in [-0.39, 0.29) is 12.1 Å². The van der Waals surface area contributed by atoms with Crippen LogP contribution in [0, 0.1) is 0 Å². The van der Waals surface area contributed by atoms with Crippen LogP contribution in [0.15, 0.2) is 24.5 Å². The number of carboxylic acid groups (broad SMARTS) is 1. The first-order valence-corrected chi connectivity index (χ1v) is 6.42. The number of carbonyl (C=O) groups is 1. The Morgan fingerprint density at radius 2 is 2.32 bits per heavy atom. The molecule has 1 aliphatic rings. The molecule has 1 fully saturated rings. The maximum absolute atomic E-state index is 11.6. The van der Waals surface area contributed by atoms with Gasteiger partial charge in [-0.1, -0.05) is 6.07 Å². The number of hydrogen-bond acceptors (Lipinski definition) is 3. The fourth-order valence-corrected chi connectivity index (χ4v) is 2.35. The molecule has 2 heterocycles. The first-order chi connectivity index (χ1) is 8.89. The van der Waals surface area contributed by atoms with Gasteiger partial charge in [0.1, 0.15) is 6.10 Å². The minimum atomic E-state index is -0.906. The predicted molar refractivity (Wildman–Crippen MR) is 71.1 cm³/mol. The fraction of sp³-hybridized carbons (Fsp3) is 0.571. The van der Waals surface area contributed by atoms with Crippen molar-refractivity contribution in [2.24, 2.45) is 0 Å². The van der Waals surface area contributed by atoms with E-state index in [0.29, 0.717) is 13.0 Å². The number of epoxide rings is 1. The monoisotopic (exact) mass is 264 g/mol. The van der Waals surface area contributed by atoms with Crippen molar-refractivity contribution in [2.75, 3.05) is 6.61 Å². The number of rotatable bonds is 4. The van der Waals surface area contributed by atoms with Crippen LogP contribution in [-0.2, 0) is 11.2 Å². The van der Waals surface area contributed by atoms with Crippen molar-refractivity contribution in [2.45, 2.75) is 44.9 Å². The average Bonchev–Trinajstić information content (AvgIpc) is 3.10. The summed E-state index contributed by atoms with van der Waals surface area (Å²) >= 11 is 0. The lowest BCUT2D eigenvalue weighted by Crippen LogP contribution is -2.54. The zero-order valence-electron chi connectivity index (χ0n) is 11.5. The minimum Gasteiger partial charge on any atom is -0.465 e. The largest absolute Gasteiger partial charge is 0.465 e. The van der Waals surface area contributed by atoms with Crippen molar-refractivity contribution in [3.05, 3.63) is 30.1 Å². The van der Waals surface area contributed by atoms with Crippen molar-refractivity contribution in [3.8, 4) is 0 Å². The standard InChI is InChI=1S/C14H20N2O3/c1-14(2,3)16(13(17)18)11(12-9-19-12)7-10-5-4-6-15-8-10/h4-6,8,11-12H,7,9H2,1-3H3,(H,17,18)/t11-,12?/m0/s1. The summed E-state index contributed by atoms with van der Waals surface area (Å²) in [5.74, 6) is 0. The molecule has 1 amide bonds. The molecule has 5 heteroatoms. The molecule has 0 aromatic carbocycles. The average molecular weight is 264 g/mol. The summed E-state index contributed by atoms with van der Waals surface area (Å²) in [5, 5.41) is 9.49. The van der Waals surface area contributed by atoms with Gasteiger partial charge in [-0.05, 0) is 38.8 Å². The second kappa shape index (κ2) is 5.17. The van der Waals surface area contributed by atoms with E-state index in [2.05, 4.69) is 4.98 Å². The molecule has 1 aliphatic heterocycles. The first kappa shape index (κ1) is 13.8. The maximum Gasteiger partial charge on any atom is 0.408 e. The molecule has 0 aliphatic carbocycles. The minimum absolute atomic E-state index is 0.00414. The summed E-state index contributed by atoms with van der Waals surface area (Å²) in [4.78, 5) is 17.1. The third-order valence-corrected chi connectivity index (χ3v) is 3.22. The van der Waals surface area contributed by atoms with Gasteiger partial charge in [0, 0.05) is 17.9 Å². The summed E-state index contributed by atoms with van der Waals surface area (Å²) in [7, 11) is 0. The van der Waals surface area contributed by atoms with E-state index in [1.807, 2.05) is 32.9 Å². The van der Waals surface area contributed by atoms with Gasteiger partial charge in [-0.2, -0.15) is 0 Å². The molecule has 2 rings (SSSR count). The predicted octanol–water partition coefficient (Wildman–Crippen LogP) is 2.17. The van der Waals surface area contributed by atoms with Crippen LogP contribution in [0.2, 0.25) is 0 Å². The van der Waals surface area contributed by atoms with Crippen molar-refractivity contribution in [1.29, 1.82) is 0 Å². The molecule has 0 saturated carbocycles. The number of pyridine rings is 1. The lowest BCUT2D eigenvalue weighted by atomic mass is 9.97. The first-order valence-electron chi connectivity index (χ1n) is 6.42. The van der Waals surface area contributed by atoms with Crippen LogP contribution in [0.3, 0.4) is 0 Å². The highest BCUT2D eigenvalue weighted by molar-refractivity contribution is 5.66. The summed E-state index contributed by atoms with van der Waals surface area (Å²) in [6.45, 7) is 6.34. The topological polar surface area (TPSA) is 66.0 Å². The van der Waals surface area contributed by atoms with Crippen molar-refractivity contribution < 1.29 is 14.6 Å². The van der Waals surface area contributed by atoms with Crippen LogP contribution < -0.4 is 0 Å². The van der Waals surface area contributed by atoms with Gasteiger partial charge in [0.25, 0.3) is 0 Å². The molecule has 19 heavy (non-hydrogen) atoms. The van der Waals surface area contributed by atoms with Gasteiger partial charge >= 0.3 is 6.09 Å². The molecule has 104 valence electrons. The third kappa shape index (κ3) is 3.44. The van der Waals surface area contributed by atoms with Crippen LogP contribution in [-0.4, -0.2) is 45.4 Å². The Morgan fingerprint density at radius 1 is 1.63 bits per heavy atom. The number of hydrogen-bond donors (Lipinski definition) is 1. The van der Waals surface area contributed by atoms with Gasteiger partial charge in [-0.25, -0.2) is 4.79 Å². The van der Waals surface area contributed by atoms with E-state index >= 15 is 0 Å². The molecule has 1 aromatic rings. The Kier molecular flexibility index (Phi) is 3.75. The highest BCUT2D eigenvalue weighted by Gasteiger charge is 2.43. The Bertz CT molecular complexity index is 438. The maximum atomic E-state index is 11.6. The molecular formula is C14H20N2O3. The van der Waals surface area contributed by atoms with Gasteiger partial charge < -0.3 is 9.84 Å². The molecule has 1 saturated heterocycles. The van der Waals surface area contributed by atoms with Crippen LogP contribution in [0.5, 0.6) is 0 Å². The highest BCUT2D eigenvalue weighted by atomic mass is 16.6. The highest BCUT2D eigenvalue weighted by Crippen LogP contribution is 2.28. The summed E-state index contributed by atoms with van der Waals surface area (Å²) in [6.07, 6.45) is 3.21. The number of aromatic nitrogens is 1. The van der Waals surface area contributed by atoms with Gasteiger partial charge in [0.15, 0.2) is 0 Å². The van der Waals surface area contributed by atoms with Gasteiger partial charge in [-0.15, -0.1) is 0 Å². The second-order valence-electron chi connectivity index (χ2n) is 5.83. The van der Waals surface area contributed by atoms with Crippen LogP contribution in [0.1, 0.15) is 26.3 Å². The molecule has 2 atom stereocenters. The Hall–Kier alpha value is -1.62. The van der Waals surface area contributed by atoms with E-state index in [1.54, 1.807) is 12.4 Å². The van der Waals surface area contributed by atoms with Crippen molar-refractivity contribution >= 4 is 6.09 Å². The Balaban J connectivity index is 2.21. The third-order valence-electron chi connectivity index (χ3n) is 3.22. The normalized spacial score (nSPS) is 19.8. The van der Waals surface area contributed by atoms with E-state index in [9.17, 15) is 9.90 Å². The molecular weight excluding hydrogens is 244 g/mol. The molecule has 1 N–H and O–H groups in total. The zero-order chi connectivity index (χ0) is 14.0. The van der Waals surface area contributed by atoms with Gasteiger partial charge in [0.2, 0.25) is 0 Å². The lowest BCUT2D eigenvalue weighted by molar-refractivity contribution is 0.0594. The smallest absolute Gasteiger partial charge is 0.408 e. The molecule has 1 aromatic heterocycles. The van der Waals surface area contributed by atoms with E-state index in [1.165, 1.54) is 4.90 Å². The van der Waals surface area contributed by atoms with Crippen molar-refractivity contribution in [1.82, 2.24) is 9.88 Å². The van der Waals surface area contributed by atoms with Crippen molar-refractivity contribution in [3.63, 3.8) is 0 Å². The van der Waals surface area contributed by atoms with Crippen LogP contribution >= 0.6 is 0 Å². The van der Waals surface area contributed by atoms with Crippen LogP contribution in [0.4, 0.5) is 4.79 Å². The summed E-state index contributed by atoms with van der Waals surface area (Å²) in [5.41, 5.74) is 0.573. The zero-order valence-corrected chi connectivity index (χ0v) is 11.5. The molecule has 0 radical (unpaired) electrons. The number of amides is 1. The molecule has 0 spiro atoms. The fourth-order valence-electron chi connectivity index (χ4n) is 2.35. The molecule has 5 nitrogen and oxygen atoms in total. The lowest BCUT2D eigenvalue weighted by Gasteiger charge is -2.39. The number of ether oxygens (including phenoxy) is 1. The van der Waals surface area contributed by atoms with Gasteiger partial charge in [0.05, 0.1) is 12.6 Å². The molecule has 1 unspecified atom stereocenters. The van der Waals surface area contributed by atoms with E-state index in [0.717, 1.165) is 5.56 Å². The van der Waals surface area contributed by atoms with E-state index < -0.39 is 11.6 Å². The number of nitrogens with zero attached hydrogens (tertiary/aromatic N) is 2. The summed E-state index contributed by atoms with van der Waals surface area (Å²) < 4.78 is 5.34. The second-order valence-corrected chi connectivity index (χ2v) is 5.83. The van der Waals surface area contributed by atoms with Gasteiger partial charge in [-0.3, -0.25) is 9.88 Å². The Labute approximate surface area is 113 Å². The van der Waals surface area contributed by atoms with Crippen LogP contribution in [0.25, 0.3) is 0 Å². The molecule has 0 bridgehead atoms. The quantitative estimate of drug-likeness (QED) is 0.846. The Morgan fingerprint density at radius 3 is 2.74 bits per heavy atom. The van der Waals surface area contributed by atoms with E-state index in [4.69, 9.17) is 4.74 Å². The summed E-state index contributed by atoms with van der Waals surface area (Å²) in [6, 6.07) is 3.66.